The van der Waals surface area contributed by atoms with Crippen molar-refractivity contribution in [2.24, 2.45) is 0 Å². The minimum Gasteiger partial charge on any atom is -0.486 e. The van der Waals surface area contributed by atoms with Crippen LogP contribution >= 0.6 is 11.6 Å². The van der Waals surface area contributed by atoms with Crippen molar-refractivity contribution in [1.82, 2.24) is 24.7 Å². The molecular formula is C23H17ClN6O3. The zero-order valence-corrected chi connectivity index (χ0v) is 17.9. The Morgan fingerprint density at radius 2 is 1.91 bits per heavy atom. The molecule has 1 aliphatic rings. The van der Waals surface area contributed by atoms with Crippen molar-refractivity contribution in [3.8, 4) is 17.2 Å². The number of aromatic amines is 1. The fourth-order valence-corrected chi connectivity index (χ4v) is 4.00. The largest absolute Gasteiger partial charge is 0.486 e. The molecule has 2 aromatic carbocycles. The van der Waals surface area contributed by atoms with E-state index in [2.05, 4.69) is 25.5 Å². The summed E-state index contributed by atoms with van der Waals surface area (Å²) < 4.78 is 13.3. The van der Waals surface area contributed by atoms with Crippen LogP contribution in [0.2, 0.25) is 5.02 Å². The van der Waals surface area contributed by atoms with Crippen molar-refractivity contribution in [2.75, 3.05) is 18.5 Å². The molecule has 0 saturated carbocycles. The van der Waals surface area contributed by atoms with Crippen LogP contribution in [0.3, 0.4) is 0 Å². The summed E-state index contributed by atoms with van der Waals surface area (Å²) in [6.45, 7) is 0.833. The van der Waals surface area contributed by atoms with Gasteiger partial charge in [-0.1, -0.05) is 23.7 Å². The Kier molecular flexibility index (Phi) is 4.62. The van der Waals surface area contributed by atoms with Gasteiger partial charge in [0, 0.05) is 11.2 Å². The molecule has 0 fully saturated rings. The van der Waals surface area contributed by atoms with E-state index in [1.54, 1.807) is 30.5 Å². The summed E-state index contributed by atoms with van der Waals surface area (Å²) in [5, 5.41) is 11.8. The van der Waals surface area contributed by atoms with Gasteiger partial charge in [-0.15, -0.1) is 0 Å². The molecule has 2 N–H and O–H groups in total. The SMILES string of the molecule is O=c1c2cn[nH]c2c2cnc(NCC3COc4ccccc4O3)nc2n1-c1ccc(Cl)cc1. The van der Waals surface area contributed by atoms with E-state index in [0.29, 0.717) is 57.5 Å². The Morgan fingerprint density at radius 3 is 2.76 bits per heavy atom. The van der Waals surface area contributed by atoms with Crippen LogP contribution in [0, 0.1) is 0 Å². The molecule has 0 amide bonds. The summed E-state index contributed by atoms with van der Waals surface area (Å²) in [6, 6.07) is 14.5. The number of fused-ring (bicyclic) bond motifs is 4. The summed E-state index contributed by atoms with van der Waals surface area (Å²) >= 11 is 6.05. The van der Waals surface area contributed by atoms with Crippen molar-refractivity contribution in [1.29, 1.82) is 0 Å². The van der Waals surface area contributed by atoms with Gasteiger partial charge < -0.3 is 14.8 Å². The molecule has 9 nitrogen and oxygen atoms in total. The first kappa shape index (κ1) is 19.6. The highest BCUT2D eigenvalue weighted by atomic mass is 35.5. The van der Waals surface area contributed by atoms with Gasteiger partial charge in [0.1, 0.15) is 12.7 Å². The highest BCUT2D eigenvalue weighted by Gasteiger charge is 2.21. The number of hydrogen-bond donors (Lipinski definition) is 2. The molecule has 33 heavy (non-hydrogen) atoms. The molecule has 0 radical (unpaired) electrons. The first-order valence-electron chi connectivity index (χ1n) is 10.3. The first-order valence-corrected chi connectivity index (χ1v) is 10.7. The van der Waals surface area contributed by atoms with Crippen molar-refractivity contribution in [3.05, 3.63) is 76.3 Å². The normalized spacial score (nSPS) is 15.1. The van der Waals surface area contributed by atoms with Gasteiger partial charge in [0.2, 0.25) is 5.95 Å². The topological polar surface area (TPSA) is 107 Å². The maximum absolute atomic E-state index is 13.3. The highest BCUT2D eigenvalue weighted by molar-refractivity contribution is 6.30. The fourth-order valence-electron chi connectivity index (χ4n) is 3.87. The number of hydrogen-bond acceptors (Lipinski definition) is 7. The van der Waals surface area contributed by atoms with Crippen LogP contribution in [-0.2, 0) is 0 Å². The van der Waals surface area contributed by atoms with Gasteiger partial charge in [0.25, 0.3) is 5.56 Å². The van der Waals surface area contributed by atoms with E-state index < -0.39 is 0 Å². The number of halogens is 1. The molecule has 4 heterocycles. The Morgan fingerprint density at radius 1 is 1.09 bits per heavy atom. The van der Waals surface area contributed by atoms with Crippen LogP contribution < -0.4 is 20.3 Å². The van der Waals surface area contributed by atoms with Gasteiger partial charge in [0.15, 0.2) is 17.1 Å². The molecule has 0 bridgehead atoms. The average Bonchev–Trinajstić information content (AvgIpc) is 3.34. The maximum Gasteiger partial charge on any atom is 0.267 e. The lowest BCUT2D eigenvalue weighted by Gasteiger charge is -2.26. The lowest BCUT2D eigenvalue weighted by Crippen LogP contribution is -2.35. The molecule has 1 atom stereocenters. The Labute approximate surface area is 192 Å². The van der Waals surface area contributed by atoms with Crippen LogP contribution in [0.4, 0.5) is 5.95 Å². The van der Waals surface area contributed by atoms with E-state index in [1.165, 1.54) is 10.8 Å². The zero-order chi connectivity index (χ0) is 22.4. The van der Waals surface area contributed by atoms with E-state index >= 15 is 0 Å². The fraction of sp³-hybridized carbons (Fsp3) is 0.130. The van der Waals surface area contributed by atoms with E-state index in [1.807, 2.05) is 24.3 Å². The van der Waals surface area contributed by atoms with Crippen molar-refractivity contribution < 1.29 is 9.47 Å². The zero-order valence-electron chi connectivity index (χ0n) is 17.2. The third kappa shape index (κ3) is 3.42. The molecule has 1 unspecified atom stereocenters. The summed E-state index contributed by atoms with van der Waals surface area (Å²) in [7, 11) is 0. The molecule has 5 aromatic rings. The highest BCUT2D eigenvalue weighted by Crippen LogP contribution is 2.31. The lowest BCUT2D eigenvalue weighted by atomic mass is 10.2. The number of aromatic nitrogens is 5. The average molecular weight is 461 g/mol. The first-order chi connectivity index (χ1) is 16.2. The van der Waals surface area contributed by atoms with Crippen LogP contribution in [0.5, 0.6) is 11.5 Å². The maximum atomic E-state index is 13.3. The van der Waals surface area contributed by atoms with E-state index in [9.17, 15) is 4.79 Å². The molecule has 6 rings (SSSR count). The third-order valence-corrected chi connectivity index (χ3v) is 5.71. The van der Waals surface area contributed by atoms with Gasteiger partial charge in [0.05, 0.1) is 34.7 Å². The summed E-state index contributed by atoms with van der Waals surface area (Å²) in [5.74, 6) is 1.80. The molecule has 1 aliphatic heterocycles. The molecule has 3 aromatic heterocycles. The van der Waals surface area contributed by atoms with E-state index in [4.69, 9.17) is 21.1 Å². The van der Waals surface area contributed by atoms with Crippen molar-refractivity contribution in [2.45, 2.75) is 6.10 Å². The molecule has 0 saturated heterocycles. The van der Waals surface area contributed by atoms with Gasteiger partial charge in [-0.05, 0) is 36.4 Å². The summed E-state index contributed by atoms with van der Waals surface area (Å²) in [5.41, 5.74) is 1.44. The van der Waals surface area contributed by atoms with E-state index in [-0.39, 0.29) is 11.7 Å². The molecule has 0 spiro atoms. The minimum atomic E-state index is -0.237. The Balaban J connectivity index is 1.37. The summed E-state index contributed by atoms with van der Waals surface area (Å²) in [4.78, 5) is 22.4. The number of anilines is 1. The molecule has 0 aliphatic carbocycles. The van der Waals surface area contributed by atoms with Crippen LogP contribution in [0.25, 0.3) is 27.6 Å². The van der Waals surface area contributed by atoms with Gasteiger partial charge >= 0.3 is 0 Å². The van der Waals surface area contributed by atoms with Gasteiger partial charge in [-0.25, -0.2) is 4.98 Å². The number of H-pyrrole nitrogens is 1. The summed E-state index contributed by atoms with van der Waals surface area (Å²) in [6.07, 6.45) is 2.96. The number of benzene rings is 2. The van der Waals surface area contributed by atoms with Crippen LogP contribution in [-0.4, -0.2) is 44.0 Å². The third-order valence-electron chi connectivity index (χ3n) is 5.46. The monoisotopic (exact) mass is 460 g/mol. The van der Waals surface area contributed by atoms with Gasteiger partial charge in [-0.3, -0.25) is 14.5 Å². The predicted octanol–water partition coefficient (Wildman–Crippen LogP) is 3.56. The van der Waals surface area contributed by atoms with Crippen molar-refractivity contribution in [3.63, 3.8) is 0 Å². The molecule has 10 heteroatoms. The Bertz CT molecular complexity index is 1550. The Hall–Kier alpha value is -4.11. The van der Waals surface area contributed by atoms with Crippen molar-refractivity contribution >= 4 is 39.5 Å². The number of nitrogens with one attached hydrogen (secondary N) is 2. The number of nitrogens with zero attached hydrogens (tertiary/aromatic N) is 4. The van der Waals surface area contributed by atoms with Crippen LogP contribution in [0.1, 0.15) is 0 Å². The quantitative estimate of drug-likeness (QED) is 0.422. The smallest absolute Gasteiger partial charge is 0.267 e. The predicted molar refractivity (Wildman–Crippen MR) is 125 cm³/mol. The number of para-hydroxylation sites is 2. The molecule has 164 valence electrons. The lowest BCUT2D eigenvalue weighted by molar-refractivity contribution is 0.0996. The minimum absolute atomic E-state index is 0.215. The second-order valence-electron chi connectivity index (χ2n) is 7.59. The second-order valence-corrected chi connectivity index (χ2v) is 8.02. The van der Waals surface area contributed by atoms with Gasteiger partial charge in [-0.2, -0.15) is 10.1 Å². The molecular weight excluding hydrogens is 444 g/mol. The van der Waals surface area contributed by atoms with Crippen LogP contribution in [0.15, 0.2) is 65.7 Å². The van der Waals surface area contributed by atoms with E-state index in [0.717, 1.165) is 5.75 Å². The number of pyridine rings is 1. The number of ether oxygens (including phenoxy) is 2. The standard InChI is InChI=1S/C23H17ClN6O3/c24-13-5-7-14(8-6-13)30-21-16(20-17(22(30)31)11-27-29-20)10-26-23(28-21)25-9-15-12-32-18-3-1-2-4-19(18)33-15/h1-8,10-11,15H,9,12H2,(H,27,29)(H,25,26,28). The number of rotatable bonds is 4. The second kappa shape index (κ2) is 7.79.